The highest BCUT2D eigenvalue weighted by Gasteiger charge is 2.44. The molecule has 0 radical (unpaired) electrons. The van der Waals surface area contributed by atoms with Gasteiger partial charge in [-0.1, -0.05) is 30.3 Å². The molecule has 40 heavy (non-hydrogen) atoms. The molecule has 0 unspecified atom stereocenters. The lowest BCUT2D eigenvalue weighted by Gasteiger charge is -2.36. The Balaban J connectivity index is 1.21. The maximum absolute atomic E-state index is 12.6. The molecular formula is C29H36N8O3. The Labute approximate surface area is 234 Å². The average Bonchev–Trinajstić information content (AvgIpc) is 3.50. The first-order valence-electron chi connectivity index (χ1n) is 13.6. The maximum Gasteiger partial charge on any atom is 0.315 e. The largest absolute Gasteiger partial charge is 0.365 e. The van der Waals surface area contributed by atoms with Gasteiger partial charge in [0.25, 0.3) is 0 Å². The predicted molar refractivity (Wildman–Crippen MR) is 151 cm³/mol. The molecule has 11 heteroatoms. The third-order valence-corrected chi connectivity index (χ3v) is 7.57. The van der Waals surface area contributed by atoms with Gasteiger partial charge in [-0.2, -0.15) is 4.98 Å². The van der Waals surface area contributed by atoms with E-state index in [0.717, 1.165) is 47.5 Å². The van der Waals surface area contributed by atoms with Gasteiger partial charge in [0, 0.05) is 56.3 Å². The summed E-state index contributed by atoms with van der Waals surface area (Å²) in [5.41, 5.74) is 4.70. The van der Waals surface area contributed by atoms with Crippen LogP contribution in [0.4, 0.5) is 5.69 Å². The fourth-order valence-electron chi connectivity index (χ4n) is 4.68. The minimum Gasteiger partial charge on any atom is -0.365 e. The van der Waals surface area contributed by atoms with Gasteiger partial charge in [-0.3, -0.25) is 9.59 Å². The van der Waals surface area contributed by atoms with Crippen molar-refractivity contribution in [3.05, 3.63) is 65.7 Å². The number of likely N-dealkylation sites (N-methyl/N-ethyl adjacent to an activating group) is 1. The van der Waals surface area contributed by atoms with Gasteiger partial charge in [0.15, 0.2) is 5.82 Å². The molecule has 5 rings (SSSR count). The molecule has 3 heterocycles. The number of anilines is 1. The standard InChI is InChI=1S/C29H36N8O3/c1-20-16-21(7-8-22(20)17-31-26(39)27-33-28(34-40-27)29(2)9-10-29)25-23(18-30-19-32-25)36-12-14-37(15-13-36)24(38)6-5-11-35(3)4/h5-8,16,18-19H,9-15,17H2,1-4H3,(H,31,39). The molecule has 1 aromatic carbocycles. The van der Waals surface area contributed by atoms with Gasteiger partial charge in [-0.05, 0) is 51.1 Å². The van der Waals surface area contributed by atoms with Crippen molar-refractivity contribution in [3.8, 4) is 11.3 Å². The zero-order chi connectivity index (χ0) is 28.3. The van der Waals surface area contributed by atoms with E-state index in [4.69, 9.17) is 4.52 Å². The second kappa shape index (κ2) is 11.5. The molecule has 2 aliphatic rings. The van der Waals surface area contributed by atoms with Crippen LogP contribution in [0, 0.1) is 6.92 Å². The Bertz CT molecular complexity index is 1400. The number of aromatic nitrogens is 4. The smallest absolute Gasteiger partial charge is 0.315 e. The van der Waals surface area contributed by atoms with Crippen LogP contribution in [0.2, 0.25) is 0 Å². The lowest BCUT2D eigenvalue weighted by atomic mass is 10.0. The van der Waals surface area contributed by atoms with E-state index >= 15 is 0 Å². The highest BCUT2D eigenvalue weighted by Crippen LogP contribution is 2.45. The van der Waals surface area contributed by atoms with Crippen molar-refractivity contribution in [1.82, 2.24) is 35.2 Å². The first-order chi connectivity index (χ1) is 19.2. The number of rotatable bonds is 9. The fourth-order valence-corrected chi connectivity index (χ4v) is 4.68. The van der Waals surface area contributed by atoms with E-state index in [2.05, 4.69) is 43.3 Å². The number of nitrogens with zero attached hydrogens (tertiary/aromatic N) is 7. The topological polar surface area (TPSA) is 121 Å². The Morgan fingerprint density at radius 2 is 1.95 bits per heavy atom. The Morgan fingerprint density at radius 1 is 1.18 bits per heavy atom. The van der Waals surface area contributed by atoms with E-state index in [0.29, 0.717) is 38.5 Å². The van der Waals surface area contributed by atoms with E-state index < -0.39 is 0 Å². The normalized spacial score (nSPS) is 16.5. The number of nitrogens with one attached hydrogen (secondary N) is 1. The van der Waals surface area contributed by atoms with Crippen LogP contribution in [0.1, 0.15) is 47.4 Å². The summed E-state index contributed by atoms with van der Waals surface area (Å²) >= 11 is 0. The Hall–Kier alpha value is -4.12. The Morgan fingerprint density at radius 3 is 2.65 bits per heavy atom. The molecule has 1 saturated heterocycles. The van der Waals surface area contributed by atoms with Crippen molar-refractivity contribution < 1.29 is 14.1 Å². The SMILES string of the molecule is Cc1cc(-c2ncncc2N2CCN(C(=O)C=CCN(C)C)CC2)ccc1CNC(=O)c1nc(C2(C)CC2)no1. The summed E-state index contributed by atoms with van der Waals surface area (Å²) in [6, 6.07) is 6.08. The molecule has 1 N–H and O–H groups in total. The van der Waals surface area contributed by atoms with Gasteiger partial charge in [0.05, 0.1) is 17.6 Å². The number of hydrogen-bond donors (Lipinski definition) is 1. The van der Waals surface area contributed by atoms with E-state index in [9.17, 15) is 9.59 Å². The average molecular weight is 545 g/mol. The van der Waals surface area contributed by atoms with Crippen molar-refractivity contribution in [2.24, 2.45) is 0 Å². The van der Waals surface area contributed by atoms with Crippen molar-refractivity contribution in [2.45, 2.75) is 38.6 Å². The van der Waals surface area contributed by atoms with E-state index in [-0.39, 0.29) is 23.1 Å². The molecule has 1 aliphatic heterocycles. The molecule has 1 aliphatic carbocycles. The third kappa shape index (κ3) is 6.20. The molecule has 2 amide bonds. The monoisotopic (exact) mass is 544 g/mol. The molecule has 2 aromatic heterocycles. The van der Waals surface area contributed by atoms with Crippen LogP contribution < -0.4 is 10.2 Å². The van der Waals surface area contributed by atoms with Crippen LogP contribution in [-0.4, -0.2) is 88.5 Å². The van der Waals surface area contributed by atoms with Crippen molar-refractivity contribution in [1.29, 1.82) is 0 Å². The molecule has 210 valence electrons. The Kier molecular flexibility index (Phi) is 7.92. The first kappa shape index (κ1) is 27.4. The number of piperazine rings is 1. The molecule has 0 spiro atoms. The van der Waals surface area contributed by atoms with E-state index in [1.54, 1.807) is 12.4 Å². The minimum atomic E-state index is -0.379. The zero-order valence-electron chi connectivity index (χ0n) is 23.6. The van der Waals surface area contributed by atoms with Crippen LogP contribution >= 0.6 is 0 Å². The molecule has 1 saturated carbocycles. The van der Waals surface area contributed by atoms with Crippen LogP contribution in [0.5, 0.6) is 0 Å². The second-order valence-electron chi connectivity index (χ2n) is 11.0. The van der Waals surface area contributed by atoms with Gasteiger partial charge in [-0.15, -0.1) is 0 Å². The summed E-state index contributed by atoms with van der Waals surface area (Å²) in [5, 5.41) is 6.87. The number of amides is 2. The maximum atomic E-state index is 12.6. The summed E-state index contributed by atoms with van der Waals surface area (Å²) in [6.07, 6.45) is 8.97. The number of aryl methyl sites for hydroxylation is 1. The van der Waals surface area contributed by atoms with Gasteiger partial charge >= 0.3 is 11.8 Å². The van der Waals surface area contributed by atoms with Gasteiger partial charge in [0.1, 0.15) is 6.33 Å². The summed E-state index contributed by atoms with van der Waals surface area (Å²) in [5.74, 6) is 0.259. The molecule has 2 fully saturated rings. The molecule has 11 nitrogen and oxygen atoms in total. The van der Waals surface area contributed by atoms with Crippen molar-refractivity contribution in [2.75, 3.05) is 51.7 Å². The number of benzene rings is 1. The lowest BCUT2D eigenvalue weighted by Crippen LogP contribution is -2.48. The number of carbonyl (C=O) groups is 2. The quantitative estimate of drug-likeness (QED) is 0.405. The predicted octanol–water partition coefficient (Wildman–Crippen LogP) is 2.58. The summed E-state index contributed by atoms with van der Waals surface area (Å²) in [7, 11) is 3.95. The highest BCUT2D eigenvalue weighted by molar-refractivity contribution is 5.89. The van der Waals surface area contributed by atoms with Crippen LogP contribution in [0.15, 0.2) is 47.4 Å². The molecule has 3 aromatic rings. The highest BCUT2D eigenvalue weighted by atomic mass is 16.5. The summed E-state index contributed by atoms with van der Waals surface area (Å²) < 4.78 is 5.19. The zero-order valence-corrected chi connectivity index (χ0v) is 23.6. The second-order valence-corrected chi connectivity index (χ2v) is 11.0. The van der Waals surface area contributed by atoms with Crippen LogP contribution in [0.3, 0.4) is 0 Å². The summed E-state index contributed by atoms with van der Waals surface area (Å²) in [6.45, 7) is 7.84. The van der Waals surface area contributed by atoms with Gasteiger partial charge in [-0.25, -0.2) is 9.97 Å². The summed E-state index contributed by atoms with van der Waals surface area (Å²) in [4.78, 5) is 44.4. The molecule has 0 bridgehead atoms. The van der Waals surface area contributed by atoms with Crippen LogP contribution in [-0.2, 0) is 16.8 Å². The van der Waals surface area contributed by atoms with Crippen molar-refractivity contribution in [3.63, 3.8) is 0 Å². The van der Waals surface area contributed by atoms with Gasteiger partial charge in [0.2, 0.25) is 5.91 Å². The van der Waals surface area contributed by atoms with Gasteiger partial charge < -0.3 is 24.5 Å². The van der Waals surface area contributed by atoms with Crippen molar-refractivity contribution >= 4 is 17.5 Å². The molecule has 0 atom stereocenters. The first-order valence-corrected chi connectivity index (χ1v) is 13.6. The number of carbonyl (C=O) groups excluding carboxylic acids is 2. The van der Waals surface area contributed by atoms with E-state index in [1.165, 1.54) is 0 Å². The fraction of sp³-hybridized carbons (Fsp3) is 0.448. The third-order valence-electron chi connectivity index (χ3n) is 7.57. The van der Waals surface area contributed by atoms with E-state index in [1.807, 2.05) is 55.2 Å². The van der Waals surface area contributed by atoms with Crippen LogP contribution in [0.25, 0.3) is 11.3 Å². The molecular weight excluding hydrogens is 508 g/mol. The number of hydrogen-bond acceptors (Lipinski definition) is 9. The minimum absolute atomic E-state index is 0.00518. The lowest BCUT2D eigenvalue weighted by molar-refractivity contribution is -0.126.